The normalized spacial score (nSPS) is 24.7. The first-order valence-corrected chi connectivity index (χ1v) is 6.62. The number of amides is 1. The molecule has 1 amide bonds. The average molecular weight is 305 g/mol. The van der Waals surface area contributed by atoms with E-state index >= 15 is 0 Å². The van der Waals surface area contributed by atoms with Gasteiger partial charge >= 0.3 is 0 Å². The van der Waals surface area contributed by atoms with E-state index in [2.05, 4.69) is 21.2 Å². The second-order valence-electron chi connectivity index (χ2n) is 3.81. The third kappa shape index (κ3) is 2.29. The summed E-state index contributed by atoms with van der Waals surface area (Å²) in [6, 6.07) is 3.52. The van der Waals surface area contributed by atoms with Crippen LogP contribution in [0.5, 0.6) is 0 Å². The number of aliphatic hydroxyl groups is 1. The number of halogens is 1. The number of carbonyl (C=O) groups excluding carboxylic acids is 1. The van der Waals surface area contributed by atoms with E-state index < -0.39 is 6.10 Å². The standard InChI is InChI=1S/C10H13BrN2O2S/c1-13(6-4-12-5-7(6)14)10(15)8-2-3-9(11)16-8/h2-3,6-7,12,14H,4-5H2,1H3/t6-,7-/m0/s1. The van der Waals surface area contributed by atoms with Crippen molar-refractivity contribution in [2.45, 2.75) is 12.1 Å². The van der Waals surface area contributed by atoms with Gasteiger partial charge in [0.1, 0.15) is 0 Å². The summed E-state index contributed by atoms with van der Waals surface area (Å²) >= 11 is 4.74. The highest BCUT2D eigenvalue weighted by molar-refractivity contribution is 9.11. The van der Waals surface area contributed by atoms with Gasteiger partial charge in [0.25, 0.3) is 5.91 Å². The maximum atomic E-state index is 12.1. The summed E-state index contributed by atoms with van der Waals surface area (Å²) in [5.74, 6) is -0.0385. The molecule has 0 spiro atoms. The highest BCUT2D eigenvalue weighted by Crippen LogP contribution is 2.24. The van der Waals surface area contributed by atoms with Crippen LogP contribution in [0.25, 0.3) is 0 Å². The van der Waals surface area contributed by atoms with E-state index in [-0.39, 0.29) is 11.9 Å². The minimum atomic E-state index is -0.475. The maximum absolute atomic E-state index is 12.1. The zero-order valence-electron chi connectivity index (χ0n) is 8.81. The molecule has 1 fully saturated rings. The molecule has 0 radical (unpaired) electrons. The fourth-order valence-electron chi connectivity index (χ4n) is 1.80. The van der Waals surface area contributed by atoms with Gasteiger partial charge in [0.05, 0.1) is 20.8 Å². The predicted molar refractivity (Wildman–Crippen MR) is 66.8 cm³/mol. The molecule has 2 rings (SSSR count). The van der Waals surface area contributed by atoms with Crippen LogP contribution in [-0.2, 0) is 0 Å². The molecule has 2 N–H and O–H groups in total. The fourth-order valence-corrected chi connectivity index (χ4v) is 3.17. The second kappa shape index (κ2) is 4.83. The largest absolute Gasteiger partial charge is 0.390 e. The maximum Gasteiger partial charge on any atom is 0.264 e. The summed E-state index contributed by atoms with van der Waals surface area (Å²) in [6.07, 6.45) is -0.475. The number of likely N-dealkylation sites (N-methyl/N-ethyl adjacent to an activating group) is 1. The number of hydrogen-bond acceptors (Lipinski definition) is 4. The van der Waals surface area contributed by atoms with Crippen LogP contribution in [0.1, 0.15) is 9.67 Å². The molecule has 2 heterocycles. The Hall–Kier alpha value is -0.430. The number of hydrogen-bond donors (Lipinski definition) is 2. The summed E-state index contributed by atoms with van der Waals surface area (Å²) in [6.45, 7) is 1.20. The first-order valence-electron chi connectivity index (χ1n) is 5.01. The molecule has 0 unspecified atom stereocenters. The van der Waals surface area contributed by atoms with Gasteiger partial charge in [-0.3, -0.25) is 4.79 Å². The van der Waals surface area contributed by atoms with Gasteiger partial charge in [-0.1, -0.05) is 0 Å². The van der Waals surface area contributed by atoms with Gasteiger partial charge in [-0.15, -0.1) is 11.3 Å². The van der Waals surface area contributed by atoms with Crippen LogP contribution in [0.15, 0.2) is 15.9 Å². The minimum Gasteiger partial charge on any atom is -0.390 e. The van der Waals surface area contributed by atoms with Gasteiger partial charge in [-0.2, -0.15) is 0 Å². The molecule has 1 aromatic heterocycles. The van der Waals surface area contributed by atoms with Gasteiger partial charge in [0, 0.05) is 20.1 Å². The van der Waals surface area contributed by atoms with E-state index in [1.807, 2.05) is 6.07 Å². The Morgan fingerprint density at radius 1 is 1.62 bits per heavy atom. The summed E-state index contributed by atoms with van der Waals surface area (Å²) in [4.78, 5) is 14.4. The SMILES string of the molecule is CN(C(=O)c1ccc(Br)s1)[C@H]1CNC[C@@H]1O. The third-order valence-corrected chi connectivity index (χ3v) is 4.36. The van der Waals surface area contributed by atoms with Gasteiger partial charge in [0.2, 0.25) is 0 Å². The molecule has 1 aliphatic heterocycles. The Labute approximate surface area is 106 Å². The van der Waals surface area contributed by atoms with Crippen molar-refractivity contribution in [1.29, 1.82) is 0 Å². The second-order valence-corrected chi connectivity index (χ2v) is 6.28. The topological polar surface area (TPSA) is 52.6 Å². The van der Waals surface area contributed by atoms with E-state index in [1.165, 1.54) is 11.3 Å². The van der Waals surface area contributed by atoms with E-state index in [0.29, 0.717) is 18.0 Å². The van der Waals surface area contributed by atoms with E-state index in [1.54, 1.807) is 18.0 Å². The molecule has 1 aromatic rings. The molecular formula is C10H13BrN2O2S. The average Bonchev–Trinajstić information content (AvgIpc) is 2.85. The predicted octanol–water partition coefficient (Wildman–Crippen LogP) is 0.915. The van der Waals surface area contributed by atoms with Gasteiger partial charge in [0.15, 0.2) is 0 Å². The van der Waals surface area contributed by atoms with E-state index in [0.717, 1.165) is 3.79 Å². The van der Waals surface area contributed by atoms with Crippen molar-refractivity contribution >= 4 is 33.2 Å². The van der Waals surface area contributed by atoms with Crippen LogP contribution in [0.2, 0.25) is 0 Å². The van der Waals surface area contributed by atoms with Crippen molar-refractivity contribution in [1.82, 2.24) is 10.2 Å². The number of aliphatic hydroxyl groups excluding tert-OH is 1. The molecular weight excluding hydrogens is 292 g/mol. The van der Waals surface area contributed by atoms with Gasteiger partial charge < -0.3 is 15.3 Å². The zero-order chi connectivity index (χ0) is 11.7. The number of β-amino-alcohol motifs (C(OH)–C–C–N with tert-alkyl or cyclic N) is 1. The zero-order valence-corrected chi connectivity index (χ0v) is 11.2. The Morgan fingerprint density at radius 3 is 2.88 bits per heavy atom. The first-order chi connectivity index (χ1) is 7.59. The molecule has 0 aromatic carbocycles. The van der Waals surface area contributed by atoms with Crippen LogP contribution >= 0.6 is 27.3 Å². The van der Waals surface area contributed by atoms with Crippen LogP contribution in [0, 0.1) is 0 Å². The van der Waals surface area contributed by atoms with Gasteiger partial charge in [-0.05, 0) is 28.1 Å². The fraction of sp³-hybridized carbons (Fsp3) is 0.500. The van der Waals surface area contributed by atoms with Crippen LogP contribution < -0.4 is 5.32 Å². The molecule has 4 nitrogen and oxygen atoms in total. The molecule has 0 bridgehead atoms. The number of nitrogens with one attached hydrogen (secondary N) is 1. The molecule has 6 heteroatoms. The minimum absolute atomic E-state index is 0.0385. The third-order valence-electron chi connectivity index (χ3n) is 2.75. The Morgan fingerprint density at radius 2 is 2.38 bits per heavy atom. The molecule has 1 aliphatic rings. The van der Waals surface area contributed by atoms with Crippen molar-refractivity contribution < 1.29 is 9.90 Å². The lowest BCUT2D eigenvalue weighted by Gasteiger charge is -2.25. The van der Waals surface area contributed by atoms with Crippen molar-refractivity contribution in [2.75, 3.05) is 20.1 Å². The summed E-state index contributed by atoms with van der Waals surface area (Å²) in [5.41, 5.74) is 0. The molecule has 0 aliphatic carbocycles. The van der Waals surface area contributed by atoms with Crippen LogP contribution in [0.3, 0.4) is 0 Å². The van der Waals surface area contributed by atoms with Crippen LogP contribution in [-0.4, -0.2) is 48.2 Å². The molecule has 2 atom stereocenters. The van der Waals surface area contributed by atoms with Crippen molar-refractivity contribution in [2.24, 2.45) is 0 Å². The lowest BCUT2D eigenvalue weighted by atomic mass is 10.2. The smallest absolute Gasteiger partial charge is 0.264 e. The monoisotopic (exact) mass is 304 g/mol. The Kier molecular flexibility index (Phi) is 3.63. The summed E-state index contributed by atoms with van der Waals surface area (Å²) in [5, 5.41) is 12.8. The molecule has 88 valence electrons. The number of rotatable bonds is 2. The first kappa shape index (κ1) is 12.0. The van der Waals surface area contributed by atoms with E-state index in [4.69, 9.17) is 0 Å². The van der Waals surface area contributed by atoms with Crippen molar-refractivity contribution in [3.05, 3.63) is 20.8 Å². The van der Waals surface area contributed by atoms with Gasteiger partial charge in [-0.25, -0.2) is 0 Å². The quantitative estimate of drug-likeness (QED) is 0.854. The number of carbonyl (C=O) groups is 1. The summed E-state index contributed by atoms with van der Waals surface area (Å²) in [7, 11) is 1.73. The summed E-state index contributed by atoms with van der Waals surface area (Å²) < 4.78 is 0.939. The lowest BCUT2D eigenvalue weighted by molar-refractivity contribution is 0.0585. The lowest BCUT2D eigenvalue weighted by Crippen LogP contribution is -2.44. The highest BCUT2D eigenvalue weighted by Gasteiger charge is 2.31. The molecule has 0 saturated carbocycles. The number of nitrogens with zero attached hydrogens (tertiary/aromatic N) is 1. The highest BCUT2D eigenvalue weighted by atomic mass is 79.9. The molecule has 1 saturated heterocycles. The molecule has 16 heavy (non-hydrogen) atoms. The van der Waals surface area contributed by atoms with Crippen LogP contribution in [0.4, 0.5) is 0 Å². The van der Waals surface area contributed by atoms with E-state index in [9.17, 15) is 9.90 Å². The Bertz CT molecular complexity index is 396. The number of thiophene rings is 1. The Balaban J connectivity index is 2.10. The van der Waals surface area contributed by atoms with Crippen molar-refractivity contribution in [3.63, 3.8) is 0 Å². The van der Waals surface area contributed by atoms with Crippen molar-refractivity contribution in [3.8, 4) is 0 Å².